The quantitative estimate of drug-likeness (QED) is 0.465. The molecule has 7 nitrogen and oxygen atoms in total. The van der Waals surface area contributed by atoms with Crippen molar-refractivity contribution in [3.05, 3.63) is 101 Å². The van der Waals surface area contributed by atoms with Crippen LogP contribution in [-0.2, 0) is 6.54 Å². The van der Waals surface area contributed by atoms with E-state index in [1.54, 1.807) is 66.9 Å². The number of benzene rings is 2. The summed E-state index contributed by atoms with van der Waals surface area (Å²) in [5.74, 6) is -0.151. The van der Waals surface area contributed by atoms with Crippen LogP contribution in [0.15, 0.2) is 83.6 Å². The zero-order chi connectivity index (χ0) is 21.6. The van der Waals surface area contributed by atoms with Crippen LogP contribution in [0.2, 0.25) is 5.02 Å². The Kier molecular flexibility index (Phi) is 6.05. The third-order valence-electron chi connectivity index (χ3n) is 4.43. The topological polar surface area (TPSA) is 97.1 Å². The Balaban J connectivity index is 1.37. The highest BCUT2D eigenvalue weighted by atomic mass is 35.5. The minimum Gasteiger partial charge on any atom is -0.355 e. The smallest absolute Gasteiger partial charge is 0.273 e. The number of hydrogen-bond donors (Lipinski definition) is 2. The van der Waals surface area contributed by atoms with Crippen molar-refractivity contribution in [1.82, 2.24) is 15.5 Å². The van der Waals surface area contributed by atoms with Crippen LogP contribution >= 0.6 is 11.6 Å². The van der Waals surface area contributed by atoms with Crippen molar-refractivity contribution in [3.8, 4) is 11.3 Å². The van der Waals surface area contributed by atoms with Crippen LogP contribution in [-0.4, -0.2) is 22.0 Å². The Bertz CT molecular complexity index is 1210. The van der Waals surface area contributed by atoms with Crippen LogP contribution in [0.25, 0.3) is 11.3 Å². The Morgan fingerprint density at radius 2 is 1.81 bits per heavy atom. The van der Waals surface area contributed by atoms with Gasteiger partial charge in [-0.05, 0) is 54.1 Å². The van der Waals surface area contributed by atoms with Gasteiger partial charge in [-0.1, -0.05) is 28.9 Å². The van der Waals surface area contributed by atoms with Gasteiger partial charge in [-0.3, -0.25) is 14.6 Å². The first-order valence-corrected chi connectivity index (χ1v) is 9.77. The monoisotopic (exact) mass is 432 g/mol. The van der Waals surface area contributed by atoms with Crippen molar-refractivity contribution in [2.75, 3.05) is 5.32 Å². The zero-order valence-corrected chi connectivity index (χ0v) is 17.0. The van der Waals surface area contributed by atoms with Gasteiger partial charge in [0.05, 0.1) is 5.56 Å². The minimum atomic E-state index is -0.367. The molecule has 2 heterocycles. The summed E-state index contributed by atoms with van der Waals surface area (Å²) in [4.78, 5) is 28.6. The summed E-state index contributed by atoms with van der Waals surface area (Å²) in [6.45, 7) is 0.262. The summed E-state index contributed by atoms with van der Waals surface area (Å²) < 4.78 is 5.26. The maximum absolute atomic E-state index is 12.4. The van der Waals surface area contributed by atoms with E-state index in [9.17, 15) is 9.59 Å². The lowest BCUT2D eigenvalue weighted by molar-refractivity contribution is 0.0941. The number of nitrogens with zero attached hydrogens (tertiary/aromatic N) is 2. The number of aromatic nitrogens is 2. The number of hydrogen-bond acceptors (Lipinski definition) is 5. The molecule has 0 atom stereocenters. The predicted octanol–water partition coefficient (Wildman–Crippen LogP) is 4.57. The van der Waals surface area contributed by atoms with Crippen LogP contribution < -0.4 is 10.6 Å². The SMILES string of the molecule is O=C(Nc1cccc(CNC(=O)c2cc(-c3ccc(Cl)cc3)on2)c1)c1cccnc1. The molecule has 2 aromatic carbocycles. The molecular weight excluding hydrogens is 416 g/mol. The second kappa shape index (κ2) is 9.23. The predicted molar refractivity (Wildman–Crippen MR) is 117 cm³/mol. The molecule has 31 heavy (non-hydrogen) atoms. The number of halogens is 1. The third-order valence-corrected chi connectivity index (χ3v) is 4.69. The number of rotatable bonds is 6. The molecule has 0 radical (unpaired) electrons. The summed E-state index contributed by atoms with van der Waals surface area (Å²) in [6, 6.07) is 19.2. The maximum atomic E-state index is 12.4. The highest BCUT2D eigenvalue weighted by Gasteiger charge is 2.14. The van der Waals surface area contributed by atoms with Gasteiger partial charge in [0.15, 0.2) is 11.5 Å². The standard InChI is InChI=1S/C23H17ClN4O3/c24-18-8-6-16(7-9-18)21-12-20(28-31-21)23(30)26-13-15-3-1-5-19(11-15)27-22(29)17-4-2-10-25-14-17/h1-12,14H,13H2,(H,26,30)(H,27,29). The van der Waals surface area contributed by atoms with Crippen LogP contribution in [0, 0.1) is 0 Å². The van der Waals surface area contributed by atoms with E-state index in [4.69, 9.17) is 16.1 Å². The fourth-order valence-corrected chi connectivity index (χ4v) is 2.99. The molecule has 4 rings (SSSR count). The van der Waals surface area contributed by atoms with Gasteiger partial charge < -0.3 is 15.2 Å². The number of amides is 2. The normalized spacial score (nSPS) is 10.5. The first-order valence-electron chi connectivity index (χ1n) is 9.40. The Morgan fingerprint density at radius 3 is 2.58 bits per heavy atom. The lowest BCUT2D eigenvalue weighted by Gasteiger charge is -2.08. The molecule has 0 saturated heterocycles. The largest absolute Gasteiger partial charge is 0.355 e. The number of anilines is 1. The molecule has 0 aliphatic heterocycles. The molecule has 0 fully saturated rings. The van der Waals surface area contributed by atoms with E-state index in [0.29, 0.717) is 22.0 Å². The van der Waals surface area contributed by atoms with E-state index < -0.39 is 0 Å². The van der Waals surface area contributed by atoms with Crippen LogP contribution in [0.4, 0.5) is 5.69 Å². The van der Waals surface area contributed by atoms with Crippen molar-refractivity contribution in [2.24, 2.45) is 0 Å². The van der Waals surface area contributed by atoms with Gasteiger partial charge >= 0.3 is 0 Å². The van der Waals surface area contributed by atoms with Crippen LogP contribution in [0.3, 0.4) is 0 Å². The number of pyridine rings is 1. The second-order valence-electron chi connectivity index (χ2n) is 6.66. The lowest BCUT2D eigenvalue weighted by Crippen LogP contribution is -2.23. The van der Waals surface area contributed by atoms with Crippen molar-refractivity contribution in [1.29, 1.82) is 0 Å². The molecule has 0 unspecified atom stereocenters. The van der Waals surface area contributed by atoms with Crippen molar-refractivity contribution in [3.63, 3.8) is 0 Å². The lowest BCUT2D eigenvalue weighted by atomic mass is 10.1. The van der Waals surface area contributed by atoms with E-state index in [2.05, 4.69) is 20.8 Å². The fraction of sp³-hybridized carbons (Fsp3) is 0.0435. The van der Waals surface area contributed by atoms with Crippen LogP contribution in [0.1, 0.15) is 26.4 Å². The summed E-state index contributed by atoms with van der Waals surface area (Å²) in [5, 5.41) is 10.1. The summed E-state index contributed by atoms with van der Waals surface area (Å²) in [5.41, 5.74) is 2.84. The van der Waals surface area contributed by atoms with Gasteiger partial charge in [-0.15, -0.1) is 0 Å². The Hall–Kier alpha value is -3.97. The van der Waals surface area contributed by atoms with E-state index >= 15 is 0 Å². The maximum Gasteiger partial charge on any atom is 0.273 e. The van der Waals surface area contributed by atoms with Gasteiger partial charge in [0.25, 0.3) is 11.8 Å². The van der Waals surface area contributed by atoms with Crippen molar-refractivity contribution >= 4 is 29.1 Å². The molecule has 0 aliphatic rings. The molecule has 154 valence electrons. The van der Waals surface area contributed by atoms with Gasteiger partial charge in [0, 0.05) is 41.3 Å². The second-order valence-corrected chi connectivity index (χ2v) is 7.10. The highest BCUT2D eigenvalue weighted by molar-refractivity contribution is 6.30. The van der Waals surface area contributed by atoms with Gasteiger partial charge in [0.2, 0.25) is 0 Å². The van der Waals surface area contributed by atoms with Crippen molar-refractivity contribution in [2.45, 2.75) is 6.54 Å². The molecule has 4 aromatic rings. The Labute approximate surface area is 183 Å². The van der Waals surface area contributed by atoms with Crippen molar-refractivity contribution < 1.29 is 14.1 Å². The molecule has 0 bridgehead atoms. The summed E-state index contributed by atoms with van der Waals surface area (Å²) in [7, 11) is 0. The molecule has 8 heteroatoms. The zero-order valence-electron chi connectivity index (χ0n) is 16.2. The molecule has 0 aliphatic carbocycles. The number of carbonyl (C=O) groups excluding carboxylic acids is 2. The molecule has 0 spiro atoms. The first kappa shape index (κ1) is 20.3. The van der Waals surface area contributed by atoms with E-state index in [-0.39, 0.29) is 24.1 Å². The fourth-order valence-electron chi connectivity index (χ4n) is 2.86. The minimum absolute atomic E-state index is 0.172. The molecule has 2 N–H and O–H groups in total. The Morgan fingerprint density at radius 1 is 0.968 bits per heavy atom. The third kappa shape index (κ3) is 5.15. The first-order chi connectivity index (χ1) is 15.1. The summed E-state index contributed by atoms with van der Waals surface area (Å²) in [6.07, 6.45) is 3.10. The number of nitrogens with one attached hydrogen (secondary N) is 2. The number of carbonyl (C=O) groups is 2. The molecule has 2 amide bonds. The van der Waals surface area contributed by atoms with Gasteiger partial charge in [0.1, 0.15) is 0 Å². The highest BCUT2D eigenvalue weighted by Crippen LogP contribution is 2.22. The molecule has 0 saturated carbocycles. The van der Waals surface area contributed by atoms with Gasteiger partial charge in [-0.25, -0.2) is 0 Å². The van der Waals surface area contributed by atoms with Gasteiger partial charge in [-0.2, -0.15) is 0 Å². The summed E-state index contributed by atoms with van der Waals surface area (Å²) >= 11 is 5.89. The average Bonchev–Trinajstić information content (AvgIpc) is 3.29. The van der Waals surface area contributed by atoms with E-state index in [1.807, 2.05) is 6.07 Å². The van der Waals surface area contributed by atoms with Crippen LogP contribution in [0.5, 0.6) is 0 Å². The van der Waals surface area contributed by atoms with E-state index in [1.165, 1.54) is 6.20 Å². The molecular formula is C23H17ClN4O3. The molecule has 2 aromatic heterocycles. The van der Waals surface area contributed by atoms with E-state index in [0.717, 1.165) is 11.1 Å². The average molecular weight is 433 g/mol.